The third-order valence-corrected chi connectivity index (χ3v) is 2.33. The number of nitrogens with zero attached hydrogens (tertiary/aromatic N) is 2. The third kappa shape index (κ3) is 3.41. The van der Waals surface area contributed by atoms with Crippen molar-refractivity contribution in [3.05, 3.63) is 47.9 Å². The van der Waals surface area contributed by atoms with E-state index in [0.29, 0.717) is 17.3 Å². The van der Waals surface area contributed by atoms with Gasteiger partial charge in [-0.15, -0.1) is 0 Å². The second-order valence-electron chi connectivity index (χ2n) is 3.64. The molecule has 0 aliphatic heterocycles. The zero-order valence-corrected chi connectivity index (χ0v) is 10.2. The van der Waals surface area contributed by atoms with Crippen molar-refractivity contribution in [2.45, 2.75) is 6.61 Å². The Morgan fingerprint density at radius 1 is 1.32 bits per heavy atom. The second kappa shape index (κ2) is 5.81. The zero-order chi connectivity index (χ0) is 13.7. The average molecular weight is 260 g/mol. The maximum Gasteiger partial charge on any atom is 0.354 e. The number of aromatic carboxylic acids is 1. The Labute approximate surface area is 109 Å². The molecule has 1 N–H and O–H groups in total. The summed E-state index contributed by atoms with van der Waals surface area (Å²) >= 11 is 0. The van der Waals surface area contributed by atoms with E-state index in [1.165, 1.54) is 12.3 Å². The summed E-state index contributed by atoms with van der Waals surface area (Å²) in [4.78, 5) is 18.6. The monoisotopic (exact) mass is 260 g/mol. The van der Waals surface area contributed by atoms with E-state index in [4.69, 9.17) is 14.6 Å². The van der Waals surface area contributed by atoms with Gasteiger partial charge in [-0.2, -0.15) is 0 Å². The Hall–Kier alpha value is -2.63. The molecule has 2 rings (SSSR count). The second-order valence-corrected chi connectivity index (χ2v) is 3.64. The number of carbonyl (C=O) groups is 1. The van der Waals surface area contributed by atoms with Crippen molar-refractivity contribution < 1.29 is 19.4 Å². The van der Waals surface area contributed by atoms with Gasteiger partial charge in [0.15, 0.2) is 0 Å². The largest absolute Gasteiger partial charge is 0.486 e. The average Bonchev–Trinajstić information content (AvgIpc) is 2.46. The third-order valence-electron chi connectivity index (χ3n) is 2.33. The Morgan fingerprint density at radius 3 is 2.79 bits per heavy atom. The maximum atomic E-state index is 10.6. The van der Waals surface area contributed by atoms with Crippen LogP contribution in [0.4, 0.5) is 0 Å². The number of ether oxygens (including phenoxy) is 2. The van der Waals surface area contributed by atoms with Crippen LogP contribution >= 0.6 is 0 Å². The highest BCUT2D eigenvalue weighted by Gasteiger charge is 2.04. The summed E-state index contributed by atoms with van der Waals surface area (Å²) in [6.07, 6.45) is 1.36. The molecule has 0 amide bonds. The predicted octanol–water partition coefficient (Wildman–Crippen LogP) is 1.76. The van der Waals surface area contributed by atoms with Crippen LogP contribution in [0.1, 0.15) is 16.2 Å². The van der Waals surface area contributed by atoms with Crippen LogP contribution in [0.5, 0.6) is 11.6 Å². The van der Waals surface area contributed by atoms with Crippen LogP contribution in [-0.2, 0) is 6.61 Å². The van der Waals surface area contributed by atoms with Crippen LogP contribution in [0.3, 0.4) is 0 Å². The number of rotatable bonds is 5. The highest BCUT2D eigenvalue weighted by Crippen LogP contribution is 2.13. The van der Waals surface area contributed by atoms with Gasteiger partial charge in [-0.1, -0.05) is 6.07 Å². The van der Waals surface area contributed by atoms with Crippen molar-refractivity contribution >= 4 is 5.97 Å². The van der Waals surface area contributed by atoms with Crippen molar-refractivity contribution in [2.75, 3.05) is 7.11 Å². The van der Waals surface area contributed by atoms with Crippen LogP contribution in [0, 0.1) is 0 Å². The first kappa shape index (κ1) is 12.8. The summed E-state index contributed by atoms with van der Waals surface area (Å²) in [6, 6.07) is 8.30. The predicted molar refractivity (Wildman–Crippen MR) is 66.3 cm³/mol. The Morgan fingerprint density at radius 2 is 2.16 bits per heavy atom. The van der Waals surface area contributed by atoms with Gasteiger partial charge in [0.05, 0.1) is 19.0 Å². The molecule has 0 fully saturated rings. The molecule has 0 saturated heterocycles. The fourth-order valence-corrected chi connectivity index (χ4v) is 1.40. The van der Waals surface area contributed by atoms with Crippen molar-refractivity contribution in [3.8, 4) is 11.6 Å². The molecule has 0 saturated carbocycles. The molecule has 2 heterocycles. The van der Waals surface area contributed by atoms with Gasteiger partial charge in [0.2, 0.25) is 5.88 Å². The zero-order valence-electron chi connectivity index (χ0n) is 10.2. The van der Waals surface area contributed by atoms with Crippen LogP contribution < -0.4 is 9.47 Å². The minimum Gasteiger partial charge on any atom is -0.486 e. The molecule has 0 bridgehead atoms. The van der Waals surface area contributed by atoms with Crippen molar-refractivity contribution in [2.24, 2.45) is 0 Å². The summed E-state index contributed by atoms with van der Waals surface area (Å²) in [7, 11) is 1.54. The normalized spacial score (nSPS) is 9.95. The first-order chi connectivity index (χ1) is 9.19. The SMILES string of the molecule is COc1cccc(COc2ccc(C(=O)O)nc2)n1. The molecule has 0 aliphatic rings. The number of hydrogen-bond acceptors (Lipinski definition) is 5. The van der Waals surface area contributed by atoms with E-state index in [1.807, 2.05) is 12.1 Å². The minimum atomic E-state index is -1.07. The van der Waals surface area contributed by atoms with E-state index < -0.39 is 5.97 Å². The number of hydrogen-bond donors (Lipinski definition) is 1. The molecule has 0 radical (unpaired) electrons. The van der Waals surface area contributed by atoms with E-state index in [1.54, 1.807) is 19.2 Å². The van der Waals surface area contributed by atoms with Crippen molar-refractivity contribution in [1.29, 1.82) is 0 Å². The highest BCUT2D eigenvalue weighted by atomic mass is 16.5. The van der Waals surface area contributed by atoms with Gasteiger partial charge in [0, 0.05) is 6.07 Å². The lowest BCUT2D eigenvalue weighted by Gasteiger charge is -2.06. The van der Waals surface area contributed by atoms with E-state index in [0.717, 1.165) is 0 Å². The summed E-state index contributed by atoms with van der Waals surface area (Å²) in [6.45, 7) is 0.255. The molecular weight excluding hydrogens is 248 g/mol. The molecule has 98 valence electrons. The Bertz CT molecular complexity index is 569. The quantitative estimate of drug-likeness (QED) is 0.882. The molecule has 0 spiro atoms. The fraction of sp³-hybridized carbons (Fsp3) is 0.154. The molecule has 0 aromatic carbocycles. The summed E-state index contributed by atoms with van der Waals surface area (Å²) in [5.74, 6) is -0.0731. The number of pyridine rings is 2. The Balaban J connectivity index is 1.99. The number of carboxylic acid groups (broad SMARTS) is 1. The molecule has 0 aliphatic carbocycles. The molecule has 0 atom stereocenters. The number of methoxy groups -OCH3 is 1. The van der Waals surface area contributed by atoms with Gasteiger partial charge in [-0.05, 0) is 18.2 Å². The van der Waals surface area contributed by atoms with Gasteiger partial charge in [-0.3, -0.25) is 0 Å². The molecule has 6 heteroatoms. The van der Waals surface area contributed by atoms with Gasteiger partial charge in [0.1, 0.15) is 18.1 Å². The summed E-state index contributed by atoms with van der Waals surface area (Å²) in [5, 5.41) is 8.71. The van der Waals surface area contributed by atoms with Crippen molar-refractivity contribution in [3.63, 3.8) is 0 Å². The van der Waals surface area contributed by atoms with Gasteiger partial charge in [0.25, 0.3) is 0 Å². The van der Waals surface area contributed by atoms with Crippen LogP contribution in [0.15, 0.2) is 36.5 Å². The Kier molecular flexibility index (Phi) is 3.92. The lowest BCUT2D eigenvalue weighted by molar-refractivity contribution is 0.0690. The molecular formula is C13H12N2O4. The molecule has 19 heavy (non-hydrogen) atoms. The van der Waals surface area contributed by atoms with E-state index in [9.17, 15) is 4.79 Å². The molecule has 6 nitrogen and oxygen atoms in total. The van der Waals surface area contributed by atoms with Crippen LogP contribution in [-0.4, -0.2) is 28.2 Å². The van der Waals surface area contributed by atoms with Crippen LogP contribution in [0.2, 0.25) is 0 Å². The topological polar surface area (TPSA) is 81.5 Å². The number of aromatic nitrogens is 2. The first-order valence-corrected chi connectivity index (χ1v) is 5.51. The van der Waals surface area contributed by atoms with Gasteiger partial charge >= 0.3 is 5.97 Å². The smallest absolute Gasteiger partial charge is 0.354 e. The minimum absolute atomic E-state index is 0.0214. The van der Waals surface area contributed by atoms with Gasteiger partial charge in [-0.25, -0.2) is 14.8 Å². The summed E-state index contributed by atoms with van der Waals surface area (Å²) < 4.78 is 10.5. The van der Waals surface area contributed by atoms with E-state index in [2.05, 4.69) is 9.97 Å². The standard InChI is InChI=1S/C13H12N2O4/c1-18-12-4-2-3-9(15-12)8-19-10-5-6-11(13(16)17)14-7-10/h2-7H,8H2,1H3,(H,16,17). The molecule has 0 unspecified atom stereocenters. The van der Waals surface area contributed by atoms with E-state index >= 15 is 0 Å². The first-order valence-electron chi connectivity index (χ1n) is 5.51. The summed E-state index contributed by atoms with van der Waals surface area (Å²) in [5.41, 5.74) is 0.688. The van der Waals surface area contributed by atoms with Gasteiger partial charge < -0.3 is 14.6 Å². The van der Waals surface area contributed by atoms with Crippen molar-refractivity contribution in [1.82, 2.24) is 9.97 Å². The lowest BCUT2D eigenvalue weighted by atomic mass is 10.3. The molecule has 2 aromatic rings. The van der Waals surface area contributed by atoms with Crippen LogP contribution in [0.25, 0.3) is 0 Å². The highest BCUT2D eigenvalue weighted by molar-refractivity contribution is 5.85. The fourth-order valence-electron chi connectivity index (χ4n) is 1.40. The maximum absolute atomic E-state index is 10.6. The number of carboxylic acids is 1. The van der Waals surface area contributed by atoms with E-state index in [-0.39, 0.29) is 12.3 Å². The lowest BCUT2D eigenvalue weighted by Crippen LogP contribution is -2.02. The molecule has 2 aromatic heterocycles.